The molecule has 2 aliphatic heterocycles. The van der Waals surface area contributed by atoms with Crippen LogP contribution in [0.2, 0.25) is 0 Å². The maximum absolute atomic E-state index is 13.0. The number of rotatable bonds is 7. The third kappa shape index (κ3) is 5.72. The van der Waals surface area contributed by atoms with Crippen LogP contribution in [0.25, 0.3) is 6.08 Å². The first kappa shape index (κ1) is 24.4. The molecule has 182 valence electrons. The molecule has 1 fully saturated rings. The zero-order valence-corrected chi connectivity index (χ0v) is 22.0. The molecule has 0 aliphatic carbocycles. The summed E-state index contributed by atoms with van der Waals surface area (Å²) in [6.07, 6.45) is 1.79. The van der Waals surface area contributed by atoms with Gasteiger partial charge in [-0.2, -0.15) is 0 Å². The van der Waals surface area contributed by atoms with Gasteiger partial charge < -0.3 is 19.5 Å². The molecule has 2 heterocycles. The van der Waals surface area contributed by atoms with Gasteiger partial charge in [-0.3, -0.25) is 14.5 Å². The second-order valence-corrected chi connectivity index (χ2v) is 10.5. The summed E-state index contributed by atoms with van der Waals surface area (Å²) in [6.45, 7) is 0.438. The van der Waals surface area contributed by atoms with Crippen LogP contribution in [0.4, 0.5) is 5.69 Å². The van der Waals surface area contributed by atoms with E-state index >= 15 is 0 Å². The molecule has 5 rings (SSSR count). The Labute approximate surface area is 225 Å². The van der Waals surface area contributed by atoms with Crippen molar-refractivity contribution in [3.63, 3.8) is 0 Å². The highest BCUT2D eigenvalue weighted by Crippen LogP contribution is 2.36. The van der Waals surface area contributed by atoms with Gasteiger partial charge in [-0.15, -0.1) is 0 Å². The molecule has 0 bridgehead atoms. The van der Waals surface area contributed by atoms with Crippen LogP contribution < -0.4 is 19.5 Å². The number of thioether (sulfide) groups is 1. The van der Waals surface area contributed by atoms with Crippen molar-refractivity contribution in [2.45, 2.75) is 6.54 Å². The number of hydrogen-bond donors (Lipinski definition) is 1. The van der Waals surface area contributed by atoms with Gasteiger partial charge in [0.15, 0.2) is 18.1 Å². The number of halogens is 1. The lowest BCUT2D eigenvalue weighted by molar-refractivity contribution is -0.122. The van der Waals surface area contributed by atoms with E-state index < -0.39 is 0 Å². The lowest BCUT2D eigenvalue weighted by Gasteiger charge is -2.14. The summed E-state index contributed by atoms with van der Waals surface area (Å²) in [4.78, 5) is 27.2. The largest absolute Gasteiger partial charge is 0.484 e. The molecule has 2 aliphatic rings. The maximum Gasteiger partial charge on any atom is 0.266 e. The molecule has 2 amide bonds. The Bertz CT molecular complexity index is 1360. The predicted octanol–water partition coefficient (Wildman–Crippen LogP) is 5.60. The Kier molecular flexibility index (Phi) is 7.26. The molecular weight excluding hydrogens is 564 g/mol. The molecule has 1 saturated heterocycles. The molecule has 10 heteroatoms. The molecule has 3 aromatic carbocycles. The van der Waals surface area contributed by atoms with E-state index in [2.05, 4.69) is 21.2 Å². The molecular formula is C26H19BrN2O5S2. The molecule has 3 aromatic rings. The zero-order chi connectivity index (χ0) is 25.1. The van der Waals surface area contributed by atoms with Crippen LogP contribution in [0.5, 0.6) is 17.2 Å². The first-order valence-electron chi connectivity index (χ1n) is 10.9. The van der Waals surface area contributed by atoms with E-state index in [0.717, 1.165) is 15.6 Å². The quantitative estimate of drug-likeness (QED) is 0.287. The van der Waals surface area contributed by atoms with Crippen molar-refractivity contribution >= 4 is 67.8 Å². The Morgan fingerprint density at radius 2 is 1.83 bits per heavy atom. The Hall–Kier alpha value is -3.34. The minimum absolute atomic E-state index is 0.117. The highest BCUT2D eigenvalue weighted by Gasteiger charge is 2.32. The summed E-state index contributed by atoms with van der Waals surface area (Å²) < 4.78 is 17.8. The Balaban J connectivity index is 1.17. The monoisotopic (exact) mass is 582 g/mol. The van der Waals surface area contributed by atoms with Crippen molar-refractivity contribution in [2.75, 3.05) is 18.7 Å². The summed E-state index contributed by atoms with van der Waals surface area (Å²) >= 11 is 10.1. The number of carbonyl (C=O) groups is 2. The second kappa shape index (κ2) is 10.7. The third-order valence-corrected chi connectivity index (χ3v) is 7.23. The summed E-state index contributed by atoms with van der Waals surface area (Å²) in [5.74, 6) is 1.51. The maximum atomic E-state index is 13.0. The van der Waals surface area contributed by atoms with E-state index in [0.29, 0.717) is 38.7 Å². The van der Waals surface area contributed by atoms with Gasteiger partial charge in [-0.25, -0.2) is 0 Å². The highest BCUT2D eigenvalue weighted by atomic mass is 79.9. The average molecular weight is 583 g/mol. The smallest absolute Gasteiger partial charge is 0.266 e. The van der Waals surface area contributed by atoms with Gasteiger partial charge in [0.05, 0.1) is 11.4 Å². The lowest BCUT2D eigenvalue weighted by Crippen LogP contribution is -2.27. The number of ether oxygens (including phenoxy) is 3. The first-order chi connectivity index (χ1) is 17.4. The van der Waals surface area contributed by atoms with Crippen molar-refractivity contribution in [3.8, 4) is 17.2 Å². The van der Waals surface area contributed by atoms with Crippen molar-refractivity contribution in [1.29, 1.82) is 0 Å². The van der Waals surface area contributed by atoms with Crippen molar-refractivity contribution < 1.29 is 23.8 Å². The Morgan fingerprint density at radius 1 is 1.08 bits per heavy atom. The number of benzene rings is 3. The number of carbonyl (C=O) groups excluding carboxylic acids is 2. The molecule has 1 N–H and O–H groups in total. The number of amides is 2. The topological polar surface area (TPSA) is 77.1 Å². The molecule has 0 atom stereocenters. The van der Waals surface area contributed by atoms with Crippen LogP contribution in [-0.4, -0.2) is 34.4 Å². The lowest BCUT2D eigenvalue weighted by atomic mass is 10.2. The normalized spacial score (nSPS) is 15.5. The molecule has 0 aromatic heterocycles. The summed E-state index contributed by atoms with van der Waals surface area (Å²) in [5, 5.41) is 2.78. The Morgan fingerprint density at radius 3 is 2.61 bits per heavy atom. The second-order valence-electron chi connectivity index (χ2n) is 7.87. The number of nitrogens with zero attached hydrogens (tertiary/aromatic N) is 1. The molecule has 0 unspecified atom stereocenters. The van der Waals surface area contributed by atoms with Crippen molar-refractivity contribution in [1.82, 2.24) is 4.90 Å². The summed E-state index contributed by atoms with van der Waals surface area (Å²) in [5.41, 5.74) is 2.42. The van der Waals surface area contributed by atoms with Gasteiger partial charge in [-0.05, 0) is 65.7 Å². The predicted molar refractivity (Wildman–Crippen MR) is 146 cm³/mol. The summed E-state index contributed by atoms with van der Waals surface area (Å²) in [6, 6.07) is 20.1. The minimum atomic E-state index is -0.257. The van der Waals surface area contributed by atoms with Crippen LogP contribution in [0.3, 0.4) is 0 Å². The number of nitrogens with one attached hydrogen (secondary N) is 1. The van der Waals surface area contributed by atoms with Gasteiger partial charge in [0.2, 0.25) is 6.79 Å². The molecule has 36 heavy (non-hydrogen) atoms. The number of fused-ring (bicyclic) bond motifs is 1. The van der Waals surface area contributed by atoms with Crippen molar-refractivity contribution in [3.05, 3.63) is 87.2 Å². The zero-order valence-electron chi connectivity index (χ0n) is 18.7. The standard InChI is InChI=1S/C26H19BrN2O5S2/c27-18-4-6-19(7-5-18)28-24(30)14-32-20-8-1-16(2-9-20)12-23-25(31)29(26(35)36-23)13-17-3-10-21-22(11-17)34-15-33-21/h1-12H,13-15H2,(H,28,30)/b23-12-. The van der Waals surface area contributed by atoms with Gasteiger partial charge in [0, 0.05) is 10.2 Å². The molecule has 0 saturated carbocycles. The van der Waals surface area contributed by atoms with Crippen LogP contribution in [0.15, 0.2) is 76.1 Å². The molecule has 0 spiro atoms. The van der Waals surface area contributed by atoms with Gasteiger partial charge in [0.1, 0.15) is 10.1 Å². The number of hydrogen-bond acceptors (Lipinski definition) is 7. The van der Waals surface area contributed by atoms with Crippen molar-refractivity contribution in [2.24, 2.45) is 0 Å². The number of anilines is 1. The fraction of sp³-hybridized carbons (Fsp3) is 0.115. The summed E-state index contributed by atoms with van der Waals surface area (Å²) in [7, 11) is 0. The van der Waals surface area contributed by atoms with Gasteiger partial charge in [-0.1, -0.05) is 58.1 Å². The van der Waals surface area contributed by atoms with E-state index in [1.165, 1.54) is 11.8 Å². The van der Waals surface area contributed by atoms with E-state index in [-0.39, 0.29) is 25.2 Å². The van der Waals surface area contributed by atoms with E-state index in [4.69, 9.17) is 26.4 Å². The SMILES string of the molecule is O=C(COc1ccc(/C=C2\SC(=S)N(Cc3ccc4c(c3)OCO4)C2=O)cc1)Nc1ccc(Br)cc1. The van der Waals surface area contributed by atoms with E-state index in [1.807, 2.05) is 42.5 Å². The number of thiocarbonyl (C=S) groups is 1. The van der Waals surface area contributed by atoms with E-state index in [1.54, 1.807) is 35.2 Å². The van der Waals surface area contributed by atoms with Crippen LogP contribution in [0, 0.1) is 0 Å². The molecule has 7 nitrogen and oxygen atoms in total. The van der Waals surface area contributed by atoms with Gasteiger partial charge in [0.25, 0.3) is 11.8 Å². The molecule has 0 radical (unpaired) electrons. The average Bonchev–Trinajstić information content (AvgIpc) is 3.45. The van der Waals surface area contributed by atoms with E-state index in [9.17, 15) is 9.59 Å². The van der Waals surface area contributed by atoms with Gasteiger partial charge >= 0.3 is 0 Å². The fourth-order valence-electron chi connectivity index (χ4n) is 3.55. The first-order valence-corrected chi connectivity index (χ1v) is 12.9. The van der Waals surface area contributed by atoms with Crippen LogP contribution in [0.1, 0.15) is 11.1 Å². The third-order valence-electron chi connectivity index (χ3n) is 5.33. The highest BCUT2D eigenvalue weighted by molar-refractivity contribution is 9.10. The van der Waals surface area contributed by atoms with Crippen LogP contribution in [-0.2, 0) is 16.1 Å². The minimum Gasteiger partial charge on any atom is -0.484 e. The fourth-order valence-corrected chi connectivity index (χ4v) is 5.07. The van der Waals surface area contributed by atoms with Crippen LogP contribution >= 0.6 is 39.9 Å².